The van der Waals surface area contributed by atoms with Gasteiger partial charge in [-0.1, -0.05) is 6.92 Å². The van der Waals surface area contributed by atoms with Crippen LogP contribution < -0.4 is 4.90 Å². The van der Waals surface area contributed by atoms with Gasteiger partial charge in [0.2, 0.25) is 0 Å². The summed E-state index contributed by atoms with van der Waals surface area (Å²) < 4.78 is 2.13. The van der Waals surface area contributed by atoms with Gasteiger partial charge >= 0.3 is 0 Å². The molecule has 0 aromatic carbocycles. The molecule has 1 aliphatic rings. The van der Waals surface area contributed by atoms with Gasteiger partial charge in [0.05, 0.1) is 11.6 Å². The van der Waals surface area contributed by atoms with E-state index in [0.29, 0.717) is 5.88 Å². The van der Waals surface area contributed by atoms with Crippen molar-refractivity contribution < 1.29 is 0 Å². The summed E-state index contributed by atoms with van der Waals surface area (Å²) in [7, 11) is 0. The van der Waals surface area contributed by atoms with Gasteiger partial charge in [0.1, 0.15) is 0 Å². The number of aromatic nitrogens is 2. The fraction of sp³-hybridized carbons (Fsp3) is 0.615. The molecule has 1 aliphatic heterocycles. The molecular formula is C13H18ClN3S. The molecule has 0 aliphatic carbocycles. The van der Waals surface area contributed by atoms with Crippen LogP contribution in [0.2, 0.25) is 0 Å². The molecule has 3 heterocycles. The quantitative estimate of drug-likeness (QED) is 0.782. The Hall–Kier alpha value is -0.740. The predicted octanol–water partition coefficient (Wildman–Crippen LogP) is 3.76. The Labute approximate surface area is 116 Å². The second-order valence-electron chi connectivity index (χ2n) is 5.09. The average molecular weight is 284 g/mol. The Morgan fingerprint density at radius 2 is 2.33 bits per heavy atom. The first-order chi connectivity index (χ1) is 8.79. The van der Waals surface area contributed by atoms with Gasteiger partial charge in [-0.05, 0) is 25.2 Å². The summed E-state index contributed by atoms with van der Waals surface area (Å²) in [5, 5.41) is 2.06. The van der Waals surface area contributed by atoms with Crippen molar-refractivity contribution in [2.75, 3.05) is 18.0 Å². The molecule has 1 saturated heterocycles. The minimum Gasteiger partial charge on any atom is -0.355 e. The fourth-order valence-electron chi connectivity index (χ4n) is 2.67. The van der Waals surface area contributed by atoms with E-state index in [9.17, 15) is 0 Å². The maximum atomic E-state index is 6.12. The zero-order valence-electron chi connectivity index (χ0n) is 10.6. The van der Waals surface area contributed by atoms with Gasteiger partial charge in [-0.15, -0.1) is 22.9 Å². The van der Waals surface area contributed by atoms with Crippen LogP contribution in [0.3, 0.4) is 0 Å². The van der Waals surface area contributed by atoms with E-state index in [-0.39, 0.29) is 0 Å². The van der Waals surface area contributed by atoms with Crippen LogP contribution in [0.4, 0.5) is 5.82 Å². The molecule has 5 heteroatoms. The molecule has 2 aromatic heterocycles. The standard InChI is InChI=1S/C13H18ClN3S/c1-10-3-2-5-16(6-4-10)12-11(9-14)17-7-8-18-13(17)15-12/h7-8,10H,2-6,9H2,1H3. The molecule has 0 amide bonds. The number of nitrogens with zero attached hydrogens (tertiary/aromatic N) is 3. The SMILES string of the molecule is CC1CCCN(c2nc3sccn3c2CCl)CC1. The zero-order chi connectivity index (χ0) is 12.5. The van der Waals surface area contributed by atoms with Gasteiger partial charge in [-0.3, -0.25) is 4.40 Å². The van der Waals surface area contributed by atoms with Gasteiger partial charge in [-0.25, -0.2) is 4.98 Å². The number of halogens is 1. The highest BCUT2D eigenvalue weighted by Gasteiger charge is 2.21. The number of rotatable bonds is 2. The van der Waals surface area contributed by atoms with E-state index in [0.717, 1.165) is 35.5 Å². The monoisotopic (exact) mass is 283 g/mol. The summed E-state index contributed by atoms with van der Waals surface area (Å²) in [6, 6.07) is 0. The number of fused-ring (bicyclic) bond motifs is 1. The summed E-state index contributed by atoms with van der Waals surface area (Å²) >= 11 is 7.79. The van der Waals surface area contributed by atoms with Crippen molar-refractivity contribution in [3.63, 3.8) is 0 Å². The lowest BCUT2D eigenvalue weighted by atomic mass is 10.0. The van der Waals surface area contributed by atoms with Crippen molar-refractivity contribution in [2.24, 2.45) is 5.92 Å². The molecule has 0 bridgehead atoms. The minimum atomic E-state index is 0.527. The molecule has 0 saturated carbocycles. The lowest BCUT2D eigenvalue weighted by Crippen LogP contribution is -2.25. The molecule has 0 radical (unpaired) electrons. The first kappa shape index (κ1) is 12.3. The van der Waals surface area contributed by atoms with Crippen LogP contribution in [0.1, 0.15) is 31.9 Å². The lowest BCUT2D eigenvalue weighted by Gasteiger charge is -2.21. The Morgan fingerprint density at radius 3 is 3.17 bits per heavy atom. The van der Waals surface area contributed by atoms with Crippen molar-refractivity contribution in [3.05, 3.63) is 17.3 Å². The average Bonchev–Trinajstić information content (AvgIpc) is 2.86. The smallest absolute Gasteiger partial charge is 0.195 e. The van der Waals surface area contributed by atoms with Gasteiger partial charge in [0, 0.05) is 24.7 Å². The Bertz CT molecular complexity index is 533. The van der Waals surface area contributed by atoms with Crippen LogP contribution in [-0.2, 0) is 5.88 Å². The summed E-state index contributed by atoms with van der Waals surface area (Å²) in [4.78, 5) is 8.23. The maximum absolute atomic E-state index is 6.12. The van der Waals surface area contributed by atoms with E-state index in [4.69, 9.17) is 16.6 Å². The molecule has 1 unspecified atom stereocenters. The van der Waals surface area contributed by atoms with Gasteiger partial charge in [0.25, 0.3) is 0 Å². The van der Waals surface area contributed by atoms with E-state index in [1.807, 2.05) is 0 Å². The third-order valence-corrected chi connectivity index (χ3v) is 4.79. The summed E-state index contributed by atoms with van der Waals surface area (Å²) in [6.07, 6.45) is 5.91. The number of hydrogen-bond acceptors (Lipinski definition) is 3. The molecule has 1 atom stereocenters. The summed E-state index contributed by atoms with van der Waals surface area (Å²) in [5.74, 6) is 2.46. The molecule has 0 N–H and O–H groups in total. The molecule has 3 nitrogen and oxygen atoms in total. The van der Waals surface area contributed by atoms with E-state index in [1.54, 1.807) is 11.3 Å². The van der Waals surface area contributed by atoms with Gasteiger partial charge < -0.3 is 4.90 Å². The van der Waals surface area contributed by atoms with Crippen LogP contribution >= 0.6 is 22.9 Å². The van der Waals surface area contributed by atoms with Crippen LogP contribution in [0.15, 0.2) is 11.6 Å². The van der Waals surface area contributed by atoms with Crippen molar-refractivity contribution in [3.8, 4) is 0 Å². The Morgan fingerprint density at radius 1 is 1.44 bits per heavy atom. The Kier molecular flexibility index (Phi) is 3.48. The molecule has 2 aromatic rings. The Balaban J connectivity index is 1.94. The van der Waals surface area contributed by atoms with Gasteiger partial charge in [-0.2, -0.15) is 0 Å². The fourth-order valence-corrected chi connectivity index (χ4v) is 3.65. The third-order valence-electron chi connectivity index (χ3n) is 3.78. The first-order valence-electron chi connectivity index (χ1n) is 6.55. The second-order valence-corrected chi connectivity index (χ2v) is 6.23. The first-order valence-corrected chi connectivity index (χ1v) is 7.96. The molecule has 0 spiro atoms. The van der Waals surface area contributed by atoms with Crippen LogP contribution in [0.25, 0.3) is 4.96 Å². The predicted molar refractivity (Wildman–Crippen MR) is 77.9 cm³/mol. The minimum absolute atomic E-state index is 0.527. The topological polar surface area (TPSA) is 20.5 Å². The molecular weight excluding hydrogens is 266 g/mol. The zero-order valence-corrected chi connectivity index (χ0v) is 12.2. The highest BCUT2D eigenvalue weighted by molar-refractivity contribution is 7.15. The van der Waals surface area contributed by atoms with Crippen LogP contribution in [0, 0.1) is 5.92 Å². The lowest BCUT2D eigenvalue weighted by molar-refractivity contribution is 0.521. The van der Waals surface area contributed by atoms with Crippen LogP contribution in [-0.4, -0.2) is 22.5 Å². The van der Waals surface area contributed by atoms with E-state index in [1.165, 1.54) is 19.3 Å². The van der Waals surface area contributed by atoms with Gasteiger partial charge in [0.15, 0.2) is 10.8 Å². The van der Waals surface area contributed by atoms with Crippen LogP contribution in [0.5, 0.6) is 0 Å². The van der Waals surface area contributed by atoms with Crippen molar-refractivity contribution >= 4 is 33.7 Å². The molecule has 1 fully saturated rings. The third kappa shape index (κ3) is 2.12. The number of thiazole rings is 1. The maximum Gasteiger partial charge on any atom is 0.195 e. The van der Waals surface area contributed by atoms with E-state index in [2.05, 4.69) is 27.8 Å². The molecule has 3 rings (SSSR count). The summed E-state index contributed by atoms with van der Waals surface area (Å²) in [6.45, 7) is 4.56. The number of anilines is 1. The number of imidazole rings is 1. The largest absolute Gasteiger partial charge is 0.355 e. The summed E-state index contributed by atoms with van der Waals surface area (Å²) in [5.41, 5.74) is 1.14. The number of hydrogen-bond donors (Lipinski definition) is 0. The van der Waals surface area contributed by atoms with Crippen molar-refractivity contribution in [2.45, 2.75) is 32.1 Å². The van der Waals surface area contributed by atoms with Crippen molar-refractivity contribution in [1.29, 1.82) is 0 Å². The highest BCUT2D eigenvalue weighted by Crippen LogP contribution is 2.28. The second kappa shape index (κ2) is 5.10. The van der Waals surface area contributed by atoms with E-state index >= 15 is 0 Å². The molecule has 18 heavy (non-hydrogen) atoms. The highest BCUT2D eigenvalue weighted by atomic mass is 35.5. The molecule has 98 valence electrons. The number of alkyl halides is 1. The normalized spacial score (nSPS) is 21.4. The van der Waals surface area contributed by atoms with E-state index < -0.39 is 0 Å². The van der Waals surface area contributed by atoms with Crippen molar-refractivity contribution in [1.82, 2.24) is 9.38 Å².